The Bertz CT molecular complexity index is 641. The summed E-state index contributed by atoms with van der Waals surface area (Å²) in [5, 5.41) is 10.8. The highest BCUT2D eigenvalue weighted by Crippen LogP contribution is 2.40. The highest BCUT2D eigenvalue weighted by molar-refractivity contribution is 7.89. The van der Waals surface area contributed by atoms with Crippen molar-refractivity contribution in [3.8, 4) is 0 Å². The third-order valence-corrected chi connectivity index (χ3v) is 7.09. The molecule has 2 saturated carbocycles. The van der Waals surface area contributed by atoms with Crippen LogP contribution < -0.4 is 0 Å². The van der Waals surface area contributed by atoms with E-state index in [2.05, 4.69) is 0 Å². The van der Waals surface area contributed by atoms with E-state index in [9.17, 15) is 18.3 Å². The van der Waals surface area contributed by atoms with Crippen molar-refractivity contribution in [3.05, 3.63) is 15.8 Å². The fraction of sp³-hybridized carbons (Fsp3) is 0.615. The maximum atomic E-state index is 12.9. The molecular weight excluding hydrogens is 298 g/mol. The molecule has 0 unspecified atom stereocenters. The minimum absolute atomic E-state index is 0.00236. The maximum Gasteiger partial charge on any atom is 0.347 e. The Kier molecular flexibility index (Phi) is 3.38. The standard InChI is InChI=1S/C13H17NO4S2/c1-8-7-19-11(13(15)16)12(8)20(17,18)14(10-4-5-10)6-9-2-3-9/h7,9-10H,2-6H2,1H3,(H,15,16). The lowest BCUT2D eigenvalue weighted by molar-refractivity contribution is 0.0698. The van der Waals surface area contributed by atoms with Gasteiger partial charge in [0.1, 0.15) is 9.77 Å². The normalized spacial score (nSPS) is 19.5. The molecule has 110 valence electrons. The van der Waals surface area contributed by atoms with E-state index in [1.165, 1.54) is 0 Å². The molecule has 0 aliphatic heterocycles. The van der Waals surface area contributed by atoms with Gasteiger partial charge >= 0.3 is 5.97 Å². The number of hydrogen-bond donors (Lipinski definition) is 1. The number of carboxylic acids is 1. The van der Waals surface area contributed by atoms with Crippen LogP contribution in [0.5, 0.6) is 0 Å². The van der Waals surface area contributed by atoms with Crippen molar-refractivity contribution in [3.63, 3.8) is 0 Å². The summed E-state index contributed by atoms with van der Waals surface area (Å²) in [5.74, 6) is -0.707. The number of carbonyl (C=O) groups is 1. The minimum Gasteiger partial charge on any atom is -0.477 e. The van der Waals surface area contributed by atoms with Gasteiger partial charge in [-0.15, -0.1) is 11.3 Å². The van der Waals surface area contributed by atoms with Crippen LogP contribution in [-0.2, 0) is 10.0 Å². The molecule has 1 N–H and O–H groups in total. The predicted octanol–water partition coefficient (Wildman–Crippen LogP) is 2.32. The Morgan fingerprint density at radius 1 is 1.40 bits per heavy atom. The molecule has 7 heteroatoms. The SMILES string of the molecule is Cc1csc(C(=O)O)c1S(=O)(=O)N(CC1CC1)C1CC1. The number of aromatic carboxylic acids is 1. The van der Waals surface area contributed by atoms with Crippen LogP contribution in [0.1, 0.15) is 40.9 Å². The van der Waals surface area contributed by atoms with Crippen LogP contribution in [-0.4, -0.2) is 36.4 Å². The number of nitrogens with zero attached hydrogens (tertiary/aromatic N) is 1. The van der Waals surface area contributed by atoms with E-state index < -0.39 is 16.0 Å². The first-order valence-corrected chi connectivity index (χ1v) is 9.06. The van der Waals surface area contributed by atoms with Gasteiger partial charge in [0.25, 0.3) is 0 Å². The second-order valence-corrected chi connectivity index (χ2v) is 8.34. The summed E-state index contributed by atoms with van der Waals surface area (Å²) in [6, 6.07) is 0.0709. The quantitative estimate of drug-likeness (QED) is 0.874. The van der Waals surface area contributed by atoms with Gasteiger partial charge in [-0.1, -0.05) is 0 Å². The molecule has 0 spiro atoms. The monoisotopic (exact) mass is 315 g/mol. The summed E-state index contributed by atoms with van der Waals surface area (Å²) >= 11 is 0.990. The third kappa shape index (κ3) is 2.49. The minimum atomic E-state index is -3.69. The molecular formula is C13H17NO4S2. The van der Waals surface area contributed by atoms with Gasteiger partial charge in [-0.25, -0.2) is 13.2 Å². The van der Waals surface area contributed by atoms with E-state index in [4.69, 9.17) is 0 Å². The molecule has 0 atom stereocenters. The summed E-state index contributed by atoms with van der Waals surface area (Å²) in [7, 11) is -3.69. The number of rotatable bonds is 6. The molecule has 2 aliphatic rings. The van der Waals surface area contributed by atoms with Crippen LogP contribution in [0.15, 0.2) is 10.3 Å². The highest BCUT2D eigenvalue weighted by atomic mass is 32.2. The van der Waals surface area contributed by atoms with Gasteiger partial charge in [-0.05, 0) is 49.5 Å². The van der Waals surface area contributed by atoms with Crippen molar-refractivity contribution in [1.29, 1.82) is 0 Å². The van der Waals surface area contributed by atoms with Crippen molar-refractivity contribution in [2.75, 3.05) is 6.54 Å². The topological polar surface area (TPSA) is 74.7 Å². The van der Waals surface area contributed by atoms with Gasteiger partial charge in [0.15, 0.2) is 0 Å². The Labute approximate surface area is 122 Å². The van der Waals surface area contributed by atoms with Crippen molar-refractivity contribution >= 4 is 27.3 Å². The Balaban J connectivity index is 2.01. The van der Waals surface area contributed by atoms with E-state index in [0.29, 0.717) is 18.0 Å². The van der Waals surface area contributed by atoms with Crippen molar-refractivity contribution < 1.29 is 18.3 Å². The lowest BCUT2D eigenvalue weighted by Gasteiger charge is -2.22. The summed E-state index contributed by atoms with van der Waals surface area (Å²) in [4.78, 5) is 11.2. The largest absolute Gasteiger partial charge is 0.477 e. The average molecular weight is 315 g/mol. The second-order valence-electron chi connectivity index (χ2n) is 5.63. The number of sulfonamides is 1. The van der Waals surface area contributed by atoms with Crippen LogP contribution >= 0.6 is 11.3 Å². The summed E-state index contributed by atoms with van der Waals surface area (Å²) in [5.41, 5.74) is 0.536. The van der Waals surface area contributed by atoms with E-state index >= 15 is 0 Å². The first kappa shape index (κ1) is 14.0. The van der Waals surface area contributed by atoms with Gasteiger partial charge in [-0.2, -0.15) is 4.31 Å². The summed E-state index contributed by atoms with van der Waals surface area (Å²) in [6.07, 6.45) is 3.93. The van der Waals surface area contributed by atoms with Gasteiger partial charge in [0.2, 0.25) is 10.0 Å². The molecule has 0 amide bonds. The van der Waals surface area contributed by atoms with Gasteiger partial charge < -0.3 is 5.11 Å². The summed E-state index contributed by atoms with van der Waals surface area (Å²) < 4.78 is 27.3. The fourth-order valence-corrected chi connectivity index (χ4v) is 5.73. The number of hydrogen-bond acceptors (Lipinski definition) is 4. The summed E-state index contributed by atoms with van der Waals surface area (Å²) in [6.45, 7) is 2.21. The zero-order chi connectivity index (χ0) is 14.5. The first-order valence-electron chi connectivity index (χ1n) is 6.74. The van der Waals surface area contributed by atoms with Gasteiger partial charge in [0, 0.05) is 12.6 Å². The van der Waals surface area contributed by atoms with E-state index in [-0.39, 0.29) is 15.8 Å². The van der Waals surface area contributed by atoms with E-state index in [1.54, 1.807) is 16.6 Å². The van der Waals surface area contributed by atoms with Crippen molar-refractivity contribution in [1.82, 2.24) is 4.31 Å². The van der Waals surface area contributed by atoms with Crippen LogP contribution in [0.3, 0.4) is 0 Å². The average Bonchev–Trinajstić information content (AvgIpc) is 3.24. The smallest absolute Gasteiger partial charge is 0.347 e. The fourth-order valence-electron chi connectivity index (χ4n) is 2.38. The molecule has 0 bridgehead atoms. The van der Waals surface area contributed by atoms with Crippen molar-refractivity contribution in [2.45, 2.75) is 43.5 Å². The molecule has 20 heavy (non-hydrogen) atoms. The van der Waals surface area contributed by atoms with Crippen LogP contribution in [0, 0.1) is 12.8 Å². The molecule has 1 aromatic rings. The maximum absolute atomic E-state index is 12.9. The lowest BCUT2D eigenvalue weighted by atomic mass is 10.3. The molecule has 0 saturated heterocycles. The van der Waals surface area contributed by atoms with Crippen LogP contribution in [0.2, 0.25) is 0 Å². The Morgan fingerprint density at radius 3 is 2.55 bits per heavy atom. The molecule has 5 nitrogen and oxygen atoms in total. The van der Waals surface area contributed by atoms with E-state index in [0.717, 1.165) is 37.0 Å². The molecule has 1 aromatic heterocycles. The Hall–Kier alpha value is -0.920. The van der Waals surface area contributed by atoms with Crippen LogP contribution in [0.4, 0.5) is 0 Å². The number of carboxylic acid groups (broad SMARTS) is 1. The van der Waals surface area contributed by atoms with Crippen molar-refractivity contribution in [2.24, 2.45) is 5.92 Å². The molecule has 3 rings (SSSR count). The molecule has 0 aromatic carbocycles. The number of aryl methyl sites for hydroxylation is 1. The second kappa shape index (κ2) is 4.82. The molecule has 1 heterocycles. The molecule has 2 aliphatic carbocycles. The zero-order valence-corrected chi connectivity index (χ0v) is 12.8. The third-order valence-electron chi connectivity index (χ3n) is 3.77. The number of thiophene rings is 1. The lowest BCUT2D eigenvalue weighted by Crippen LogP contribution is -2.35. The highest BCUT2D eigenvalue weighted by Gasteiger charge is 2.43. The molecule has 0 radical (unpaired) electrons. The first-order chi connectivity index (χ1) is 9.41. The molecule has 2 fully saturated rings. The van der Waals surface area contributed by atoms with E-state index in [1.807, 2.05) is 0 Å². The van der Waals surface area contributed by atoms with Gasteiger partial charge in [-0.3, -0.25) is 0 Å². The Morgan fingerprint density at radius 2 is 2.05 bits per heavy atom. The zero-order valence-electron chi connectivity index (χ0n) is 11.2. The predicted molar refractivity (Wildman–Crippen MR) is 75.7 cm³/mol. The van der Waals surface area contributed by atoms with Gasteiger partial charge in [0.05, 0.1) is 0 Å². The van der Waals surface area contributed by atoms with Crippen LogP contribution in [0.25, 0.3) is 0 Å².